The number of benzene rings is 3. The van der Waals surface area contributed by atoms with Gasteiger partial charge in [-0.3, -0.25) is 4.79 Å². The molecule has 0 fully saturated rings. The summed E-state index contributed by atoms with van der Waals surface area (Å²) in [4.78, 5) is 17.1. The quantitative estimate of drug-likeness (QED) is 0.392. The molecule has 0 aliphatic carbocycles. The summed E-state index contributed by atoms with van der Waals surface area (Å²) >= 11 is 0. The Balaban J connectivity index is 1.41. The molecule has 1 heterocycles. The van der Waals surface area contributed by atoms with Crippen LogP contribution in [0.25, 0.3) is 11.0 Å². The second kappa shape index (κ2) is 9.96. The minimum atomic E-state index is -0.547. The maximum absolute atomic E-state index is 13.9. The van der Waals surface area contributed by atoms with Gasteiger partial charge in [-0.25, -0.2) is 9.37 Å². The van der Waals surface area contributed by atoms with Crippen LogP contribution in [0.4, 0.5) is 4.39 Å². The van der Waals surface area contributed by atoms with Crippen molar-refractivity contribution in [3.8, 4) is 11.5 Å². The summed E-state index contributed by atoms with van der Waals surface area (Å²) in [5.74, 6) is 1.25. The number of nitrogens with zero attached hydrogens (tertiary/aromatic N) is 2. The molecule has 0 saturated carbocycles. The number of aromatic nitrogens is 2. The van der Waals surface area contributed by atoms with E-state index in [1.54, 1.807) is 19.2 Å². The lowest BCUT2D eigenvalue weighted by Crippen LogP contribution is -2.25. The number of hydrogen-bond donors (Lipinski definition) is 1. The second-order valence-electron chi connectivity index (χ2n) is 7.21. The van der Waals surface area contributed by atoms with Crippen LogP contribution in [0.15, 0.2) is 72.8 Å². The lowest BCUT2D eigenvalue weighted by atomic mass is 10.2. The van der Waals surface area contributed by atoms with Crippen LogP contribution >= 0.6 is 0 Å². The maximum atomic E-state index is 13.9. The number of rotatable bonds is 9. The molecular formula is C25H24FN3O3. The predicted molar refractivity (Wildman–Crippen MR) is 120 cm³/mol. The molecule has 0 atom stereocenters. The largest absolute Gasteiger partial charge is 0.497 e. The zero-order valence-electron chi connectivity index (χ0n) is 17.8. The van der Waals surface area contributed by atoms with Crippen LogP contribution in [-0.2, 0) is 13.1 Å². The topological polar surface area (TPSA) is 65.4 Å². The van der Waals surface area contributed by atoms with Crippen molar-refractivity contribution in [2.75, 3.05) is 13.7 Å². The summed E-state index contributed by atoms with van der Waals surface area (Å²) in [5, 5.41) is 2.78. The van der Waals surface area contributed by atoms with Gasteiger partial charge in [0.25, 0.3) is 5.91 Å². The van der Waals surface area contributed by atoms with Gasteiger partial charge in [-0.2, -0.15) is 0 Å². The minimum Gasteiger partial charge on any atom is -0.497 e. The molecule has 7 heteroatoms. The number of carbonyl (C=O) groups excluding carboxylic acids is 1. The molecule has 0 aliphatic rings. The number of nitrogens with one attached hydrogen (secondary N) is 1. The van der Waals surface area contributed by atoms with Crippen LogP contribution < -0.4 is 14.8 Å². The lowest BCUT2D eigenvalue weighted by molar-refractivity contribution is 0.0945. The Bertz CT molecular complexity index is 1200. The van der Waals surface area contributed by atoms with E-state index in [2.05, 4.69) is 14.9 Å². The van der Waals surface area contributed by atoms with E-state index in [0.717, 1.165) is 29.0 Å². The fourth-order valence-corrected chi connectivity index (χ4v) is 3.49. The smallest absolute Gasteiger partial charge is 0.254 e. The maximum Gasteiger partial charge on any atom is 0.254 e. The average Bonchev–Trinajstić information content (AvgIpc) is 3.18. The highest BCUT2D eigenvalue weighted by Crippen LogP contribution is 2.19. The summed E-state index contributed by atoms with van der Waals surface area (Å²) in [6.07, 6.45) is 0.751. The minimum absolute atomic E-state index is 0.0167. The van der Waals surface area contributed by atoms with E-state index in [9.17, 15) is 9.18 Å². The molecule has 0 aliphatic heterocycles. The summed E-state index contributed by atoms with van der Waals surface area (Å²) in [6, 6.07) is 21.2. The lowest BCUT2D eigenvalue weighted by Gasteiger charge is -2.11. The Morgan fingerprint density at radius 3 is 2.50 bits per heavy atom. The zero-order valence-corrected chi connectivity index (χ0v) is 17.8. The van der Waals surface area contributed by atoms with Crippen molar-refractivity contribution in [2.45, 2.75) is 19.5 Å². The van der Waals surface area contributed by atoms with Gasteiger partial charge in [0.2, 0.25) is 0 Å². The van der Waals surface area contributed by atoms with E-state index >= 15 is 0 Å². The second-order valence-corrected chi connectivity index (χ2v) is 7.21. The van der Waals surface area contributed by atoms with Crippen LogP contribution in [0.5, 0.6) is 11.5 Å². The van der Waals surface area contributed by atoms with Crippen LogP contribution in [0, 0.1) is 5.82 Å². The molecule has 0 radical (unpaired) electrons. The molecule has 0 bridgehead atoms. The van der Waals surface area contributed by atoms with E-state index < -0.39 is 11.7 Å². The highest BCUT2D eigenvalue weighted by atomic mass is 19.1. The van der Waals surface area contributed by atoms with Crippen molar-refractivity contribution in [1.29, 1.82) is 0 Å². The number of carbonyl (C=O) groups is 1. The van der Waals surface area contributed by atoms with E-state index in [-0.39, 0.29) is 12.1 Å². The van der Waals surface area contributed by atoms with Crippen molar-refractivity contribution in [3.63, 3.8) is 0 Å². The first-order chi connectivity index (χ1) is 15.7. The molecule has 1 aromatic heterocycles. The summed E-state index contributed by atoms with van der Waals surface area (Å²) in [7, 11) is 1.63. The Kier molecular flexibility index (Phi) is 6.65. The van der Waals surface area contributed by atoms with Gasteiger partial charge in [0, 0.05) is 6.54 Å². The SMILES string of the molecule is COc1ccc(OCCCn2c(CNC(=O)c3ccccc3F)nc3ccccc32)cc1. The number of amides is 1. The number of fused-ring (bicyclic) bond motifs is 1. The average molecular weight is 433 g/mol. The van der Waals surface area contributed by atoms with Crippen molar-refractivity contribution in [1.82, 2.24) is 14.9 Å². The third-order valence-electron chi connectivity index (χ3n) is 5.11. The highest BCUT2D eigenvalue weighted by molar-refractivity contribution is 5.94. The van der Waals surface area contributed by atoms with Gasteiger partial charge in [0.05, 0.1) is 36.9 Å². The molecule has 32 heavy (non-hydrogen) atoms. The van der Waals surface area contributed by atoms with Gasteiger partial charge in [-0.05, 0) is 55.0 Å². The van der Waals surface area contributed by atoms with Gasteiger partial charge < -0.3 is 19.4 Å². The van der Waals surface area contributed by atoms with Crippen LogP contribution in [0.2, 0.25) is 0 Å². The molecule has 4 rings (SSSR count). The normalized spacial score (nSPS) is 10.8. The molecule has 6 nitrogen and oxygen atoms in total. The van der Waals surface area contributed by atoms with Gasteiger partial charge >= 0.3 is 0 Å². The first kappa shape index (κ1) is 21.4. The van der Waals surface area contributed by atoms with E-state index in [0.29, 0.717) is 19.0 Å². The predicted octanol–water partition coefficient (Wildman–Crippen LogP) is 4.58. The van der Waals surface area contributed by atoms with Crippen LogP contribution in [0.1, 0.15) is 22.6 Å². The molecule has 0 saturated heterocycles. The molecule has 1 amide bonds. The number of ether oxygens (including phenoxy) is 2. The standard InChI is InChI=1S/C25H24FN3O3/c1-31-18-11-13-19(14-12-18)32-16-6-15-29-23-10-5-4-9-22(23)28-24(29)17-27-25(30)20-7-2-3-8-21(20)26/h2-5,7-14H,6,15-17H2,1H3,(H,27,30). The van der Waals surface area contributed by atoms with Crippen LogP contribution in [-0.4, -0.2) is 29.2 Å². The molecule has 0 spiro atoms. The number of imidazole rings is 1. The molecular weight excluding hydrogens is 409 g/mol. The Labute approximate surface area is 185 Å². The van der Waals surface area contributed by atoms with E-state index in [1.165, 1.54) is 12.1 Å². The summed E-state index contributed by atoms with van der Waals surface area (Å²) in [5.41, 5.74) is 1.84. The fraction of sp³-hybridized carbons (Fsp3) is 0.200. The number of halogens is 1. The molecule has 4 aromatic rings. The summed E-state index contributed by atoms with van der Waals surface area (Å²) in [6.45, 7) is 1.39. The molecule has 1 N–H and O–H groups in total. The number of methoxy groups -OCH3 is 1. The van der Waals surface area contributed by atoms with Gasteiger partial charge in [-0.15, -0.1) is 0 Å². The Morgan fingerprint density at radius 2 is 1.72 bits per heavy atom. The third kappa shape index (κ3) is 4.88. The van der Waals surface area contributed by atoms with E-state index in [1.807, 2.05) is 48.5 Å². The van der Waals surface area contributed by atoms with Crippen molar-refractivity contribution in [3.05, 3.63) is 90.0 Å². The van der Waals surface area contributed by atoms with Gasteiger partial charge in [0.15, 0.2) is 0 Å². The highest BCUT2D eigenvalue weighted by Gasteiger charge is 2.14. The van der Waals surface area contributed by atoms with Crippen molar-refractivity contribution < 1.29 is 18.7 Å². The van der Waals surface area contributed by atoms with Crippen molar-refractivity contribution >= 4 is 16.9 Å². The number of aryl methyl sites for hydroxylation is 1. The molecule has 3 aromatic carbocycles. The number of hydrogen-bond acceptors (Lipinski definition) is 4. The fourth-order valence-electron chi connectivity index (χ4n) is 3.49. The molecule has 164 valence electrons. The monoisotopic (exact) mass is 433 g/mol. The first-order valence-electron chi connectivity index (χ1n) is 10.4. The van der Waals surface area contributed by atoms with E-state index in [4.69, 9.17) is 9.47 Å². The van der Waals surface area contributed by atoms with Gasteiger partial charge in [-0.1, -0.05) is 24.3 Å². The first-order valence-corrected chi connectivity index (χ1v) is 10.4. The zero-order chi connectivity index (χ0) is 22.3. The molecule has 0 unspecified atom stereocenters. The summed E-state index contributed by atoms with van der Waals surface area (Å²) < 4.78 is 26.9. The number of para-hydroxylation sites is 2. The van der Waals surface area contributed by atoms with Crippen molar-refractivity contribution in [2.24, 2.45) is 0 Å². The van der Waals surface area contributed by atoms with Crippen LogP contribution in [0.3, 0.4) is 0 Å². The van der Waals surface area contributed by atoms with Gasteiger partial charge in [0.1, 0.15) is 23.1 Å². The Hall–Kier alpha value is -3.87. The Morgan fingerprint density at radius 1 is 1.00 bits per heavy atom. The third-order valence-corrected chi connectivity index (χ3v) is 5.11.